The van der Waals surface area contributed by atoms with Crippen molar-refractivity contribution in [3.05, 3.63) is 35.4 Å². The fraction of sp³-hybridized carbons (Fsp3) is 0.647. The van der Waals surface area contributed by atoms with Crippen LogP contribution in [0.1, 0.15) is 36.3 Å². The average Bonchev–Trinajstić information content (AvgIpc) is 2.53. The minimum absolute atomic E-state index is 0.670. The van der Waals surface area contributed by atoms with Crippen LogP contribution in [-0.2, 0) is 6.42 Å². The summed E-state index contributed by atoms with van der Waals surface area (Å²) in [4.78, 5) is 0. The van der Waals surface area contributed by atoms with Crippen LogP contribution in [0.3, 0.4) is 0 Å². The largest absolute Gasteiger partial charge is 0.316 e. The number of benzene rings is 1. The number of fused-ring (bicyclic) bond motifs is 1. The highest BCUT2D eigenvalue weighted by Crippen LogP contribution is 2.37. The minimum Gasteiger partial charge on any atom is -0.316 e. The zero-order chi connectivity index (χ0) is 13.8. The lowest BCUT2D eigenvalue weighted by Crippen LogP contribution is -2.40. The summed E-state index contributed by atoms with van der Waals surface area (Å²) in [5.74, 6) is 4.76. The molecule has 1 fully saturated rings. The van der Waals surface area contributed by atoms with Gasteiger partial charge in [0.15, 0.2) is 0 Å². The Labute approximate surface area is 131 Å². The highest BCUT2D eigenvalue weighted by Gasteiger charge is 2.28. The molecular formula is C17H25NS2. The van der Waals surface area contributed by atoms with E-state index in [1.54, 1.807) is 11.1 Å². The molecule has 3 heteroatoms. The lowest BCUT2D eigenvalue weighted by molar-refractivity contribution is 0.429. The predicted molar refractivity (Wildman–Crippen MR) is 93.2 cm³/mol. The Morgan fingerprint density at radius 1 is 1.30 bits per heavy atom. The summed E-state index contributed by atoms with van der Waals surface area (Å²) >= 11 is 4.32. The summed E-state index contributed by atoms with van der Waals surface area (Å²) < 4.78 is 0. The Hall–Kier alpha value is -0.120. The van der Waals surface area contributed by atoms with Gasteiger partial charge in [0.05, 0.1) is 0 Å². The van der Waals surface area contributed by atoms with Gasteiger partial charge in [0.25, 0.3) is 0 Å². The van der Waals surface area contributed by atoms with Gasteiger partial charge >= 0.3 is 0 Å². The van der Waals surface area contributed by atoms with Crippen LogP contribution in [0, 0.1) is 0 Å². The van der Waals surface area contributed by atoms with E-state index in [4.69, 9.17) is 0 Å². The summed E-state index contributed by atoms with van der Waals surface area (Å²) in [6.45, 7) is 0. The van der Waals surface area contributed by atoms with Gasteiger partial charge in [-0.1, -0.05) is 24.3 Å². The zero-order valence-electron chi connectivity index (χ0n) is 12.3. The Bertz CT molecular complexity index is 429. The third-order valence-corrected chi connectivity index (χ3v) is 7.61. The first-order chi connectivity index (χ1) is 9.88. The molecule has 0 saturated carbocycles. The molecule has 0 aromatic heterocycles. The molecule has 0 amide bonds. The molecule has 1 aliphatic heterocycles. The maximum absolute atomic E-state index is 3.62. The van der Waals surface area contributed by atoms with Gasteiger partial charge in [-0.05, 0) is 49.8 Å². The summed E-state index contributed by atoms with van der Waals surface area (Å²) in [6, 6.07) is 9.79. The minimum atomic E-state index is 0.670. The first-order valence-electron chi connectivity index (χ1n) is 7.83. The Kier molecular flexibility index (Phi) is 5.36. The monoisotopic (exact) mass is 307 g/mol. The molecule has 1 saturated heterocycles. The van der Waals surface area contributed by atoms with Crippen LogP contribution in [0.5, 0.6) is 0 Å². The molecular weight excluding hydrogens is 282 g/mol. The van der Waals surface area contributed by atoms with Gasteiger partial charge in [-0.3, -0.25) is 0 Å². The van der Waals surface area contributed by atoms with E-state index in [9.17, 15) is 0 Å². The molecule has 3 atom stereocenters. The van der Waals surface area contributed by atoms with E-state index >= 15 is 0 Å². The third kappa shape index (κ3) is 3.37. The maximum atomic E-state index is 3.62. The van der Waals surface area contributed by atoms with E-state index in [1.807, 2.05) is 0 Å². The van der Waals surface area contributed by atoms with E-state index in [2.05, 4.69) is 60.2 Å². The standard InChI is InChI=1S/C17H25NS2/c1-18-16(17-12-19-9-10-20-17)11-14-7-4-6-13-5-2-3-8-15(13)14/h2-3,5,8,14,16-18H,4,6-7,9-12H2,1H3. The molecule has 3 unspecified atom stereocenters. The molecule has 1 N–H and O–H groups in total. The van der Waals surface area contributed by atoms with Gasteiger partial charge in [0.2, 0.25) is 0 Å². The molecule has 0 radical (unpaired) electrons. The number of thioether (sulfide) groups is 2. The van der Waals surface area contributed by atoms with E-state index in [-0.39, 0.29) is 0 Å². The van der Waals surface area contributed by atoms with Gasteiger partial charge in [0.1, 0.15) is 0 Å². The van der Waals surface area contributed by atoms with Crippen molar-refractivity contribution in [2.75, 3.05) is 24.3 Å². The molecule has 0 spiro atoms. The van der Waals surface area contributed by atoms with E-state index in [0.717, 1.165) is 11.2 Å². The maximum Gasteiger partial charge on any atom is 0.0292 e. The highest BCUT2D eigenvalue weighted by molar-refractivity contribution is 8.06. The molecule has 3 rings (SSSR count). The molecule has 1 heterocycles. The topological polar surface area (TPSA) is 12.0 Å². The van der Waals surface area contributed by atoms with Crippen LogP contribution in [-0.4, -0.2) is 35.6 Å². The van der Waals surface area contributed by atoms with E-state index < -0.39 is 0 Å². The van der Waals surface area contributed by atoms with E-state index in [0.29, 0.717) is 6.04 Å². The summed E-state index contributed by atoms with van der Waals surface area (Å²) in [5.41, 5.74) is 3.23. The average molecular weight is 308 g/mol. The second kappa shape index (κ2) is 7.24. The first-order valence-corrected chi connectivity index (χ1v) is 10.0. The van der Waals surface area contributed by atoms with Crippen molar-refractivity contribution in [2.45, 2.75) is 42.9 Å². The van der Waals surface area contributed by atoms with Crippen LogP contribution in [0.25, 0.3) is 0 Å². The smallest absolute Gasteiger partial charge is 0.0292 e. The van der Waals surface area contributed by atoms with Crippen molar-refractivity contribution in [2.24, 2.45) is 0 Å². The normalized spacial score (nSPS) is 27.9. The van der Waals surface area contributed by atoms with E-state index in [1.165, 1.54) is 42.9 Å². The molecule has 1 aromatic carbocycles. The number of rotatable bonds is 4. The highest BCUT2D eigenvalue weighted by atomic mass is 32.2. The van der Waals surface area contributed by atoms with Crippen molar-refractivity contribution < 1.29 is 0 Å². The number of hydrogen-bond acceptors (Lipinski definition) is 3. The van der Waals surface area contributed by atoms with Gasteiger partial charge < -0.3 is 5.32 Å². The number of aryl methyl sites for hydroxylation is 1. The third-order valence-electron chi connectivity index (χ3n) is 4.69. The lowest BCUT2D eigenvalue weighted by Gasteiger charge is -2.34. The number of nitrogens with one attached hydrogen (secondary N) is 1. The van der Waals surface area contributed by atoms with Crippen molar-refractivity contribution in [3.63, 3.8) is 0 Å². The number of hydrogen-bond donors (Lipinski definition) is 1. The Morgan fingerprint density at radius 2 is 2.20 bits per heavy atom. The molecule has 20 heavy (non-hydrogen) atoms. The van der Waals surface area contributed by atoms with Crippen LogP contribution in [0.4, 0.5) is 0 Å². The van der Waals surface area contributed by atoms with Crippen LogP contribution in [0.2, 0.25) is 0 Å². The SMILES string of the molecule is CNC(CC1CCCc2ccccc21)C1CSCCS1. The van der Waals surface area contributed by atoms with Gasteiger partial charge in [-0.2, -0.15) is 23.5 Å². The fourth-order valence-corrected chi connectivity index (χ4v) is 6.54. The molecule has 110 valence electrons. The summed E-state index contributed by atoms with van der Waals surface area (Å²) in [5, 5.41) is 4.41. The van der Waals surface area contributed by atoms with Crippen molar-refractivity contribution >= 4 is 23.5 Å². The van der Waals surface area contributed by atoms with Crippen molar-refractivity contribution in [1.29, 1.82) is 0 Å². The quantitative estimate of drug-likeness (QED) is 0.905. The zero-order valence-corrected chi connectivity index (χ0v) is 13.9. The van der Waals surface area contributed by atoms with Crippen molar-refractivity contribution in [3.8, 4) is 0 Å². The Morgan fingerprint density at radius 3 is 3.00 bits per heavy atom. The molecule has 0 bridgehead atoms. The predicted octanol–water partition coefficient (Wildman–Crippen LogP) is 3.93. The fourth-order valence-electron chi connectivity index (χ4n) is 3.60. The van der Waals surface area contributed by atoms with Gasteiger partial charge in [-0.25, -0.2) is 0 Å². The first kappa shape index (κ1) is 14.8. The summed E-state index contributed by atoms with van der Waals surface area (Å²) in [7, 11) is 2.15. The Balaban J connectivity index is 1.70. The lowest BCUT2D eigenvalue weighted by atomic mass is 9.79. The van der Waals surface area contributed by atoms with Crippen LogP contribution < -0.4 is 5.32 Å². The summed E-state index contributed by atoms with van der Waals surface area (Å²) in [6.07, 6.45) is 5.33. The van der Waals surface area contributed by atoms with Gasteiger partial charge in [-0.15, -0.1) is 0 Å². The molecule has 1 aliphatic carbocycles. The van der Waals surface area contributed by atoms with Crippen molar-refractivity contribution in [1.82, 2.24) is 5.32 Å². The molecule has 2 aliphatic rings. The second-order valence-electron chi connectivity index (χ2n) is 5.90. The van der Waals surface area contributed by atoms with Crippen LogP contribution >= 0.6 is 23.5 Å². The molecule has 1 aromatic rings. The van der Waals surface area contributed by atoms with Gasteiger partial charge in [0, 0.05) is 28.6 Å². The molecule has 1 nitrogen and oxygen atoms in total. The van der Waals surface area contributed by atoms with Crippen LogP contribution in [0.15, 0.2) is 24.3 Å². The second-order valence-corrected chi connectivity index (χ2v) is 8.40.